The third-order valence-electron chi connectivity index (χ3n) is 3.53. The summed E-state index contributed by atoms with van der Waals surface area (Å²) in [4.78, 5) is 35.8. The van der Waals surface area contributed by atoms with Crippen LogP contribution in [0.2, 0.25) is 10.0 Å². The van der Waals surface area contributed by atoms with Crippen molar-refractivity contribution in [2.24, 2.45) is 0 Å². The van der Waals surface area contributed by atoms with Crippen molar-refractivity contribution in [3.05, 3.63) is 51.0 Å². The van der Waals surface area contributed by atoms with Crippen molar-refractivity contribution in [3.63, 3.8) is 0 Å². The van der Waals surface area contributed by atoms with Gasteiger partial charge < -0.3 is 9.52 Å². The van der Waals surface area contributed by atoms with Gasteiger partial charge in [0.1, 0.15) is 11.5 Å². The van der Waals surface area contributed by atoms with Crippen LogP contribution >= 0.6 is 35.0 Å². The molecule has 0 radical (unpaired) electrons. The molecule has 0 spiro atoms. The molecule has 1 aliphatic heterocycles. The first-order chi connectivity index (χ1) is 12.3. The van der Waals surface area contributed by atoms with E-state index in [0.29, 0.717) is 27.1 Å². The minimum Gasteiger partial charge on any atom is -0.481 e. The summed E-state index contributed by atoms with van der Waals surface area (Å²) in [5, 5.41) is 9.01. The second-order valence-electron chi connectivity index (χ2n) is 5.31. The van der Waals surface area contributed by atoms with Gasteiger partial charge in [0.25, 0.3) is 11.1 Å². The number of furan rings is 1. The number of nitrogens with zero attached hydrogens (tertiary/aromatic N) is 1. The molecular weight excluding hydrogens is 401 g/mol. The highest BCUT2D eigenvalue weighted by molar-refractivity contribution is 8.18. The van der Waals surface area contributed by atoms with Gasteiger partial charge in [-0.15, -0.1) is 0 Å². The monoisotopic (exact) mass is 411 g/mol. The van der Waals surface area contributed by atoms with Crippen LogP contribution in [0, 0.1) is 0 Å². The fraction of sp³-hybridized carbons (Fsp3) is 0.118. The molecule has 2 aromatic rings. The van der Waals surface area contributed by atoms with Crippen LogP contribution in [0.4, 0.5) is 4.79 Å². The maximum atomic E-state index is 12.2. The van der Waals surface area contributed by atoms with Gasteiger partial charge in [-0.1, -0.05) is 23.2 Å². The second kappa shape index (κ2) is 7.57. The molecule has 0 unspecified atom stereocenters. The Kier molecular flexibility index (Phi) is 5.41. The van der Waals surface area contributed by atoms with E-state index in [2.05, 4.69) is 0 Å². The Labute approximate surface area is 162 Å². The number of rotatable bonds is 5. The number of hydrogen-bond acceptors (Lipinski definition) is 5. The smallest absolute Gasteiger partial charge is 0.305 e. The Morgan fingerprint density at radius 3 is 2.65 bits per heavy atom. The lowest BCUT2D eigenvalue weighted by molar-refractivity contribution is -0.137. The Bertz CT molecular complexity index is 937. The molecule has 1 N–H and O–H groups in total. The van der Waals surface area contributed by atoms with Gasteiger partial charge in [-0.3, -0.25) is 19.3 Å². The molecule has 134 valence electrons. The van der Waals surface area contributed by atoms with E-state index < -0.39 is 17.1 Å². The van der Waals surface area contributed by atoms with E-state index in [1.165, 1.54) is 6.08 Å². The highest BCUT2D eigenvalue weighted by Gasteiger charge is 2.35. The molecule has 0 bridgehead atoms. The number of carboxylic acids is 1. The predicted molar refractivity (Wildman–Crippen MR) is 99.1 cm³/mol. The van der Waals surface area contributed by atoms with Crippen molar-refractivity contribution < 1.29 is 23.9 Å². The molecule has 2 amide bonds. The summed E-state index contributed by atoms with van der Waals surface area (Å²) >= 11 is 12.6. The van der Waals surface area contributed by atoms with E-state index in [0.717, 1.165) is 16.7 Å². The minimum absolute atomic E-state index is 0.163. The standard InChI is InChI=1S/C17H11Cl2NO5S/c18-11-3-1-9(7-12(11)19)13-4-2-10(25-13)8-14-16(23)20(17(24)26-14)6-5-15(21)22/h1-4,7-8H,5-6H2,(H,21,22). The number of carbonyl (C=O) groups excluding carboxylic acids is 2. The fourth-order valence-electron chi connectivity index (χ4n) is 2.26. The van der Waals surface area contributed by atoms with E-state index in [9.17, 15) is 14.4 Å². The molecule has 9 heteroatoms. The number of carbonyl (C=O) groups is 3. The number of aliphatic carboxylic acids is 1. The van der Waals surface area contributed by atoms with Crippen LogP contribution in [-0.2, 0) is 9.59 Å². The molecule has 0 saturated carbocycles. The number of imide groups is 1. The lowest BCUT2D eigenvalue weighted by Crippen LogP contribution is -2.30. The summed E-state index contributed by atoms with van der Waals surface area (Å²) in [6, 6.07) is 8.42. The maximum absolute atomic E-state index is 12.2. The van der Waals surface area contributed by atoms with Crippen molar-refractivity contribution in [2.75, 3.05) is 6.54 Å². The SMILES string of the molecule is O=C(O)CCN1C(=O)SC(=Cc2ccc(-c3ccc(Cl)c(Cl)c3)o2)C1=O. The Morgan fingerprint density at radius 1 is 1.19 bits per heavy atom. The summed E-state index contributed by atoms with van der Waals surface area (Å²) in [5.41, 5.74) is 0.716. The molecule has 6 nitrogen and oxygen atoms in total. The third-order valence-corrected chi connectivity index (χ3v) is 5.17. The predicted octanol–water partition coefficient (Wildman–Crippen LogP) is 4.76. The fourth-order valence-corrected chi connectivity index (χ4v) is 3.41. The van der Waals surface area contributed by atoms with Gasteiger partial charge in [0, 0.05) is 18.2 Å². The van der Waals surface area contributed by atoms with E-state index >= 15 is 0 Å². The van der Waals surface area contributed by atoms with Crippen LogP contribution in [-0.4, -0.2) is 33.7 Å². The summed E-state index contributed by atoms with van der Waals surface area (Å²) in [6.45, 7) is -0.163. The molecule has 1 saturated heterocycles. The lowest BCUT2D eigenvalue weighted by Gasteiger charge is -2.09. The molecule has 1 aliphatic rings. The Balaban J connectivity index is 1.79. The first kappa shape index (κ1) is 18.6. The van der Waals surface area contributed by atoms with Crippen molar-refractivity contribution in [1.29, 1.82) is 0 Å². The van der Waals surface area contributed by atoms with Crippen molar-refractivity contribution in [2.45, 2.75) is 6.42 Å². The first-order valence-corrected chi connectivity index (χ1v) is 8.95. The highest BCUT2D eigenvalue weighted by Crippen LogP contribution is 2.34. The summed E-state index contributed by atoms with van der Waals surface area (Å²) in [5.74, 6) is -0.700. The van der Waals surface area contributed by atoms with Gasteiger partial charge in [-0.05, 0) is 42.1 Å². The summed E-state index contributed by atoms with van der Waals surface area (Å²) < 4.78 is 5.68. The van der Waals surface area contributed by atoms with E-state index in [-0.39, 0.29) is 17.9 Å². The topological polar surface area (TPSA) is 87.8 Å². The van der Waals surface area contributed by atoms with Gasteiger partial charge >= 0.3 is 5.97 Å². The number of carboxylic acid groups (broad SMARTS) is 1. The number of hydrogen-bond donors (Lipinski definition) is 1. The summed E-state index contributed by atoms with van der Waals surface area (Å²) in [7, 11) is 0. The van der Waals surface area contributed by atoms with E-state index in [1.807, 2.05) is 0 Å². The summed E-state index contributed by atoms with van der Waals surface area (Å²) in [6.07, 6.45) is 1.15. The van der Waals surface area contributed by atoms with Gasteiger partial charge in [0.15, 0.2) is 0 Å². The first-order valence-electron chi connectivity index (χ1n) is 7.37. The Morgan fingerprint density at radius 2 is 1.96 bits per heavy atom. The second-order valence-corrected chi connectivity index (χ2v) is 7.12. The van der Waals surface area contributed by atoms with Crippen LogP contribution < -0.4 is 0 Å². The van der Waals surface area contributed by atoms with Crippen LogP contribution in [0.15, 0.2) is 39.7 Å². The van der Waals surface area contributed by atoms with Crippen LogP contribution in [0.1, 0.15) is 12.2 Å². The molecule has 26 heavy (non-hydrogen) atoms. The average molecular weight is 412 g/mol. The molecule has 3 rings (SSSR count). The molecule has 1 aromatic heterocycles. The zero-order valence-corrected chi connectivity index (χ0v) is 15.4. The van der Waals surface area contributed by atoms with Gasteiger partial charge in [0.2, 0.25) is 0 Å². The quantitative estimate of drug-likeness (QED) is 0.713. The van der Waals surface area contributed by atoms with E-state index in [4.69, 9.17) is 32.7 Å². The zero-order valence-electron chi connectivity index (χ0n) is 13.1. The van der Waals surface area contributed by atoms with Crippen LogP contribution in [0.5, 0.6) is 0 Å². The van der Waals surface area contributed by atoms with Gasteiger partial charge in [-0.25, -0.2) is 0 Å². The van der Waals surface area contributed by atoms with Crippen LogP contribution in [0.3, 0.4) is 0 Å². The third kappa shape index (κ3) is 3.95. The normalized spacial score (nSPS) is 15.9. The molecule has 1 aromatic carbocycles. The Hall–Kier alpha value is -2.22. The molecular formula is C17H11Cl2NO5S. The largest absolute Gasteiger partial charge is 0.481 e. The average Bonchev–Trinajstić information content (AvgIpc) is 3.14. The van der Waals surface area contributed by atoms with Gasteiger partial charge in [-0.2, -0.15) is 0 Å². The number of thioether (sulfide) groups is 1. The van der Waals surface area contributed by atoms with Crippen LogP contribution in [0.25, 0.3) is 17.4 Å². The van der Waals surface area contributed by atoms with Gasteiger partial charge in [0.05, 0.1) is 21.4 Å². The van der Waals surface area contributed by atoms with Crippen molar-refractivity contribution >= 4 is 58.2 Å². The highest BCUT2D eigenvalue weighted by atomic mass is 35.5. The number of amides is 2. The zero-order chi connectivity index (χ0) is 18.8. The lowest BCUT2D eigenvalue weighted by atomic mass is 10.2. The molecule has 0 aliphatic carbocycles. The minimum atomic E-state index is -1.08. The molecule has 2 heterocycles. The van der Waals surface area contributed by atoms with Crippen molar-refractivity contribution in [1.82, 2.24) is 4.90 Å². The van der Waals surface area contributed by atoms with Crippen molar-refractivity contribution in [3.8, 4) is 11.3 Å². The maximum Gasteiger partial charge on any atom is 0.305 e. The molecule has 0 atom stereocenters. The number of halogens is 2. The number of benzene rings is 1. The van der Waals surface area contributed by atoms with E-state index in [1.54, 1.807) is 30.3 Å². The molecule has 1 fully saturated rings.